The van der Waals surface area contributed by atoms with Gasteiger partial charge in [-0.3, -0.25) is 4.79 Å². The third-order valence-electron chi connectivity index (χ3n) is 1.04. The Kier molecular flexibility index (Phi) is 2.53. The summed E-state index contributed by atoms with van der Waals surface area (Å²) in [6.45, 7) is 0. The standard InChI is InChI=1S/C6H9N3OS/c1-9(2)6(10)11-5-3-7-4-8-5/h3-4H,1-2H3,(H,7,8). The number of carbonyl (C=O) groups is 1. The first-order chi connectivity index (χ1) is 5.20. The summed E-state index contributed by atoms with van der Waals surface area (Å²) in [6.07, 6.45) is 3.16. The van der Waals surface area contributed by atoms with Gasteiger partial charge in [0.1, 0.15) is 5.03 Å². The predicted octanol–water partition coefficient (Wildman–Crippen LogP) is 1.18. The largest absolute Gasteiger partial charge is 0.339 e. The van der Waals surface area contributed by atoms with E-state index in [1.165, 1.54) is 4.90 Å². The van der Waals surface area contributed by atoms with E-state index in [-0.39, 0.29) is 5.24 Å². The average Bonchev–Trinajstić information content (AvgIpc) is 2.39. The van der Waals surface area contributed by atoms with Crippen molar-refractivity contribution in [2.24, 2.45) is 0 Å². The van der Waals surface area contributed by atoms with E-state index in [1.807, 2.05) is 0 Å². The maximum Gasteiger partial charge on any atom is 0.287 e. The summed E-state index contributed by atoms with van der Waals surface area (Å²) >= 11 is 1.13. The Morgan fingerprint density at radius 3 is 2.91 bits per heavy atom. The Morgan fingerprint density at radius 1 is 1.73 bits per heavy atom. The van der Waals surface area contributed by atoms with Gasteiger partial charge in [0.15, 0.2) is 0 Å². The highest BCUT2D eigenvalue weighted by Crippen LogP contribution is 2.15. The lowest BCUT2D eigenvalue weighted by Gasteiger charge is -2.06. The highest BCUT2D eigenvalue weighted by Gasteiger charge is 2.06. The van der Waals surface area contributed by atoms with Crippen LogP contribution in [0.3, 0.4) is 0 Å². The van der Waals surface area contributed by atoms with E-state index < -0.39 is 0 Å². The zero-order valence-electron chi connectivity index (χ0n) is 6.37. The van der Waals surface area contributed by atoms with Gasteiger partial charge in [0.2, 0.25) is 0 Å². The summed E-state index contributed by atoms with van der Waals surface area (Å²) < 4.78 is 0. The van der Waals surface area contributed by atoms with E-state index in [1.54, 1.807) is 26.6 Å². The summed E-state index contributed by atoms with van der Waals surface area (Å²) in [4.78, 5) is 19.2. The SMILES string of the molecule is CN(C)C(=O)Sc1cnc[nH]1. The van der Waals surface area contributed by atoms with Gasteiger partial charge >= 0.3 is 0 Å². The molecule has 60 valence electrons. The Balaban J connectivity index is 2.50. The molecule has 11 heavy (non-hydrogen) atoms. The van der Waals surface area contributed by atoms with Gasteiger partial charge in [-0.05, 0) is 11.8 Å². The lowest BCUT2D eigenvalue weighted by molar-refractivity contribution is 0.241. The molecule has 4 nitrogen and oxygen atoms in total. The van der Waals surface area contributed by atoms with Gasteiger partial charge in [-0.2, -0.15) is 0 Å². The second-order valence-electron chi connectivity index (χ2n) is 2.18. The van der Waals surface area contributed by atoms with Crippen molar-refractivity contribution in [1.29, 1.82) is 0 Å². The molecule has 0 aliphatic carbocycles. The molecule has 0 saturated carbocycles. The molecule has 1 rings (SSSR count). The number of imidazole rings is 1. The normalized spacial score (nSPS) is 9.64. The first-order valence-electron chi connectivity index (χ1n) is 3.07. The van der Waals surface area contributed by atoms with Crippen molar-refractivity contribution in [2.75, 3.05) is 14.1 Å². The van der Waals surface area contributed by atoms with E-state index in [0.29, 0.717) is 0 Å². The van der Waals surface area contributed by atoms with Crippen LogP contribution in [0.2, 0.25) is 0 Å². The Hall–Kier alpha value is -0.970. The third-order valence-corrected chi connectivity index (χ3v) is 2.02. The first kappa shape index (κ1) is 8.13. The topological polar surface area (TPSA) is 49.0 Å². The van der Waals surface area contributed by atoms with Crippen molar-refractivity contribution >= 4 is 17.0 Å². The highest BCUT2D eigenvalue weighted by molar-refractivity contribution is 8.13. The Bertz CT molecular complexity index is 232. The molecule has 1 amide bonds. The van der Waals surface area contributed by atoms with Crippen LogP contribution in [-0.2, 0) is 0 Å². The summed E-state index contributed by atoms with van der Waals surface area (Å²) in [5.41, 5.74) is 0. The number of hydrogen-bond donors (Lipinski definition) is 1. The van der Waals surface area contributed by atoms with Gasteiger partial charge in [-0.1, -0.05) is 0 Å². The fourth-order valence-electron chi connectivity index (χ4n) is 0.484. The molecule has 0 aromatic carbocycles. The first-order valence-corrected chi connectivity index (χ1v) is 3.89. The van der Waals surface area contributed by atoms with Crippen LogP contribution in [0.15, 0.2) is 17.6 Å². The van der Waals surface area contributed by atoms with Crippen LogP contribution < -0.4 is 0 Å². The summed E-state index contributed by atoms with van der Waals surface area (Å²) in [5, 5.41) is 0.762. The number of amides is 1. The monoisotopic (exact) mass is 171 g/mol. The number of H-pyrrole nitrogens is 1. The van der Waals surface area contributed by atoms with Crippen LogP contribution in [0.5, 0.6) is 0 Å². The molecule has 0 aliphatic heterocycles. The summed E-state index contributed by atoms with van der Waals surface area (Å²) in [6, 6.07) is 0. The van der Waals surface area contributed by atoms with Crippen LogP contribution in [0.4, 0.5) is 4.79 Å². The molecule has 5 heteroatoms. The minimum Gasteiger partial charge on any atom is -0.339 e. The minimum absolute atomic E-state index is 0.00532. The maximum absolute atomic E-state index is 11.1. The highest BCUT2D eigenvalue weighted by atomic mass is 32.2. The average molecular weight is 171 g/mol. The number of hydrogen-bond acceptors (Lipinski definition) is 3. The van der Waals surface area contributed by atoms with Gasteiger partial charge in [0.05, 0.1) is 12.5 Å². The number of nitrogens with zero attached hydrogens (tertiary/aromatic N) is 2. The van der Waals surface area contributed by atoms with E-state index >= 15 is 0 Å². The van der Waals surface area contributed by atoms with Gasteiger partial charge in [-0.25, -0.2) is 4.98 Å². The number of nitrogens with one attached hydrogen (secondary N) is 1. The summed E-state index contributed by atoms with van der Waals surface area (Å²) in [7, 11) is 3.43. The van der Waals surface area contributed by atoms with Crippen molar-refractivity contribution in [3.05, 3.63) is 12.5 Å². The van der Waals surface area contributed by atoms with Crippen molar-refractivity contribution < 1.29 is 4.79 Å². The molecular formula is C6H9N3OS. The smallest absolute Gasteiger partial charge is 0.287 e. The van der Waals surface area contributed by atoms with Crippen LogP contribution in [-0.4, -0.2) is 34.2 Å². The van der Waals surface area contributed by atoms with Crippen molar-refractivity contribution in [2.45, 2.75) is 5.03 Å². The molecule has 0 radical (unpaired) electrons. The molecule has 1 aromatic heterocycles. The molecule has 0 bridgehead atoms. The maximum atomic E-state index is 11.1. The predicted molar refractivity (Wildman–Crippen MR) is 43.5 cm³/mol. The fourth-order valence-corrected chi connectivity index (χ4v) is 1.08. The van der Waals surface area contributed by atoms with Gasteiger partial charge in [0, 0.05) is 14.1 Å². The van der Waals surface area contributed by atoms with Crippen molar-refractivity contribution in [1.82, 2.24) is 14.9 Å². The van der Waals surface area contributed by atoms with Crippen LogP contribution in [0.1, 0.15) is 0 Å². The van der Waals surface area contributed by atoms with Gasteiger partial charge in [0.25, 0.3) is 5.24 Å². The molecule has 1 aromatic rings. The molecule has 1 heterocycles. The number of aromatic nitrogens is 2. The summed E-state index contributed by atoms with van der Waals surface area (Å²) in [5.74, 6) is 0. The van der Waals surface area contributed by atoms with Gasteiger partial charge in [-0.15, -0.1) is 0 Å². The second kappa shape index (κ2) is 3.43. The number of rotatable bonds is 1. The molecule has 0 fully saturated rings. The third kappa shape index (κ3) is 2.27. The number of thioether (sulfide) groups is 1. The van der Waals surface area contributed by atoms with E-state index in [0.717, 1.165) is 16.8 Å². The Labute approximate surface area is 69.0 Å². The van der Waals surface area contributed by atoms with Crippen molar-refractivity contribution in [3.63, 3.8) is 0 Å². The quantitative estimate of drug-likeness (QED) is 0.645. The molecule has 0 atom stereocenters. The van der Waals surface area contributed by atoms with Crippen LogP contribution in [0.25, 0.3) is 0 Å². The molecule has 0 saturated heterocycles. The van der Waals surface area contributed by atoms with Gasteiger partial charge < -0.3 is 9.88 Å². The van der Waals surface area contributed by atoms with Crippen LogP contribution >= 0.6 is 11.8 Å². The molecule has 0 unspecified atom stereocenters. The lowest BCUT2D eigenvalue weighted by Crippen LogP contribution is -2.15. The number of carbonyl (C=O) groups excluding carboxylic acids is 1. The minimum atomic E-state index is -0.00532. The van der Waals surface area contributed by atoms with E-state index in [4.69, 9.17) is 0 Å². The Morgan fingerprint density at radius 2 is 2.45 bits per heavy atom. The molecule has 1 N–H and O–H groups in total. The fraction of sp³-hybridized carbons (Fsp3) is 0.333. The van der Waals surface area contributed by atoms with E-state index in [9.17, 15) is 4.79 Å². The molecule has 0 aliphatic rings. The van der Waals surface area contributed by atoms with E-state index in [2.05, 4.69) is 9.97 Å². The molecular weight excluding hydrogens is 162 g/mol. The lowest BCUT2D eigenvalue weighted by atomic mass is 10.9. The second-order valence-corrected chi connectivity index (χ2v) is 3.17. The zero-order chi connectivity index (χ0) is 8.27. The molecule has 0 spiro atoms. The zero-order valence-corrected chi connectivity index (χ0v) is 7.18. The van der Waals surface area contributed by atoms with Crippen LogP contribution in [0, 0.1) is 0 Å². The number of aromatic amines is 1. The van der Waals surface area contributed by atoms with Crippen molar-refractivity contribution in [3.8, 4) is 0 Å².